The first kappa shape index (κ1) is 16.1. The molecule has 1 aliphatic carbocycles. The quantitative estimate of drug-likeness (QED) is 0.729. The third-order valence-electron chi connectivity index (χ3n) is 4.67. The van der Waals surface area contributed by atoms with Gasteiger partial charge in [-0.2, -0.15) is 0 Å². The number of thiazole rings is 1. The number of nitrogens with zero attached hydrogens (tertiary/aromatic N) is 1. The van der Waals surface area contributed by atoms with Crippen LogP contribution in [0, 0.1) is 17.5 Å². The molecule has 1 heterocycles. The number of rotatable bonds is 3. The van der Waals surface area contributed by atoms with Crippen molar-refractivity contribution in [2.45, 2.75) is 24.7 Å². The van der Waals surface area contributed by atoms with E-state index in [0.29, 0.717) is 23.1 Å². The summed E-state index contributed by atoms with van der Waals surface area (Å²) in [4.78, 5) is 17.0. The fraction of sp³-hybridized carbons (Fsp3) is 0.222. The molecule has 1 saturated carbocycles. The molecule has 0 spiro atoms. The number of halogens is 3. The number of hydrogen-bond acceptors (Lipinski definition) is 3. The molecular formula is C18H13F3N2OS. The number of nitrogens with one attached hydrogen (secondary N) is 1. The van der Waals surface area contributed by atoms with Crippen LogP contribution in [0.1, 0.15) is 24.8 Å². The minimum absolute atomic E-state index is 0.271. The lowest BCUT2D eigenvalue weighted by Gasteiger charge is -2.40. The van der Waals surface area contributed by atoms with Crippen molar-refractivity contribution in [2.75, 3.05) is 5.32 Å². The van der Waals surface area contributed by atoms with Crippen molar-refractivity contribution in [1.29, 1.82) is 0 Å². The highest BCUT2D eigenvalue weighted by molar-refractivity contribution is 7.22. The lowest BCUT2D eigenvalue weighted by molar-refractivity contribution is -0.124. The molecule has 1 aromatic heterocycles. The van der Waals surface area contributed by atoms with Gasteiger partial charge in [0.1, 0.15) is 5.82 Å². The highest BCUT2D eigenvalue weighted by Gasteiger charge is 2.46. The zero-order chi connectivity index (χ0) is 17.6. The van der Waals surface area contributed by atoms with Gasteiger partial charge in [-0.05, 0) is 36.6 Å². The lowest BCUT2D eigenvalue weighted by Crippen LogP contribution is -2.46. The molecule has 25 heavy (non-hydrogen) atoms. The average molecular weight is 362 g/mol. The molecule has 0 saturated heterocycles. The minimum atomic E-state index is -0.981. The lowest BCUT2D eigenvalue weighted by atomic mass is 9.64. The van der Waals surface area contributed by atoms with E-state index in [-0.39, 0.29) is 22.4 Å². The maximum absolute atomic E-state index is 13.6. The third-order valence-corrected chi connectivity index (χ3v) is 5.60. The summed E-state index contributed by atoms with van der Waals surface area (Å²) < 4.78 is 40.6. The normalized spacial score (nSPS) is 15.8. The van der Waals surface area contributed by atoms with E-state index in [2.05, 4.69) is 10.3 Å². The summed E-state index contributed by atoms with van der Waals surface area (Å²) >= 11 is 1.07. The van der Waals surface area contributed by atoms with Crippen LogP contribution in [0.3, 0.4) is 0 Å². The van der Waals surface area contributed by atoms with Crippen molar-refractivity contribution >= 4 is 32.6 Å². The minimum Gasteiger partial charge on any atom is -0.301 e. The molecule has 0 unspecified atom stereocenters. The molecule has 0 bridgehead atoms. The smallest absolute Gasteiger partial charge is 0.236 e. The second-order valence-electron chi connectivity index (χ2n) is 6.15. The van der Waals surface area contributed by atoms with E-state index in [1.54, 1.807) is 12.1 Å². The molecule has 0 radical (unpaired) electrons. The van der Waals surface area contributed by atoms with E-state index < -0.39 is 17.0 Å². The maximum Gasteiger partial charge on any atom is 0.236 e. The van der Waals surface area contributed by atoms with Crippen LogP contribution in [-0.4, -0.2) is 10.9 Å². The second-order valence-corrected chi connectivity index (χ2v) is 7.18. The van der Waals surface area contributed by atoms with Gasteiger partial charge in [0.2, 0.25) is 5.91 Å². The number of carbonyl (C=O) groups is 1. The van der Waals surface area contributed by atoms with Gasteiger partial charge in [-0.3, -0.25) is 4.79 Å². The Labute approximate surface area is 145 Å². The second kappa shape index (κ2) is 5.84. The SMILES string of the molecule is O=C(Nc1nc2cc(F)c(F)cc2s1)C1(c2cccc(F)c2)CCC1. The highest BCUT2D eigenvalue weighted by Crippen LogP contribution is 2.45. The summed E-state index contributed by atoms with van der Waals surface area (Å²) in [6.07, 6.45) is 2.12. The molecule has 7 heteroatoms. The van der Waals surface area contributed by atoms with Gasteiger partial charge in [-0.1, -0.05) is 29.9 Å². The van der Waals surface area contributed by atoms with Crippen LogP contribution >= 0.6 is 11.3 Å². The van der Waals surface area contributed by atoms with Gasteiger partial charge in [0.15, 0.2) is 16.8 Å². The molecule has 4 rings (SSSR count). The first-order valence-electron chi connectivity index (χ1n) is 7.81. The predicted molar refractivity (Wildman–Crippen MR) is 90.1 cm³/mol. The van der Waals surface area contributed by atoms with Crippen LogP contribution in [-0.2, 0) is 10.2 Å². The van der Waals surface area contributed by atoms with Gasteiger partial charge in [-0.15, -0.1) is 0 Å². The van der Waals surface area contributed by atoms with Crippen LogP contribution < -0.4 is 5.32 Å². The Morgan fingerprint density at radius 1 is 1.12 bits per heavy atom. The van der Waals surface area contributed by atoms with Crippen molar-refractivity contribution in [2.24, 2.45) is 0 Å². The first-order chi connectivity index (χ1) is 12.0. The Bertz CT molecular complexity index is 943. The number of hydrogen-bond donors (Lipinski definition) is 1. The van der Waals surface area contributed by atoms with Gasteiger partial charge in [-0.25, -0.2) is 18.2 Å². The van der Waals surface area contributed by atoms with E-state index in [4.69, 9.17) is 0 Å². The van der Waals surface area contributed by atoms with Crippen LogP contribution in [0.2, 0.25) is 0 Å². The molecular weight excluding hydrogens is 349 g/mol. The molecule has 1 N–H and O–H groups in total. The molecule has 1 aliphatic rings. The summed E-state index contributed by atoms with van der Waals surface area (Å²) in [5.41, 5.74) is 0.137. The molecule has 0 atom stereocenters. The Balaban J connectivity index is 1.64. The molecule has 0 aliphatic heterocycles. The Morgan fingerprint density at radius 3 is 2.56 bits per heavy atom. The van der Waals surface area contributed by atoms with Crippen molar-refractivity contribution in [1.82, 2.24) is 4.98 Å². The number of anilines is 1. The molecule has 3 aromatic rings. The molecule has 3 nitrogen and oxygen atoms in total. The van der Waals surface area contributed by atoms with Crippen molar-refractivity contribution in [3.63, 3.8) is 0 Å². The number of benzene rings is 2. The third kappa shape index (κ3) is 2.68. The van der Waals surface area contributed by atoms with Gasteiger partial charge in [0.25, 0.3) is 0 Å². The molecule has 1 amide bonds. The summed E-state index contributed by atoms with van der Waals surface area (Å²) in [7, 11) is 0. The zero-order valence-corrected chi connectivity index (χ0v) is 13.8. The van der Waals surface area contributed by atoms with Crippen LogP contribution in [0.25, 0.3) is 10.2 Å². The van der Waals surface area contributed by atoms with Crippen molar-refractivity contribution in [3.05, 3.63) is 59.4 Å². The van der Waals surface area contributed by atoms with Gasteiger partial charge < -0.3 is 5.32 Å². The van der Waals surface area contributed by atoms with E-state index in [1.807, 2.05) is 0 Å². The van der Waals surface area contributed by atoms with Gasteiger partial charge in [0, 0.05) is 6.07 Å². The van der Waals surface area contributed by atoms with Crippen molar-refractivity contribution in [3.8, 4) is 0 Å². The predicted octanol–water partition coefficient (Wildman–Crippen LogP) is 4.77. The van der Waals surface area contributed by atoms with Crippen molar-refractivity contribution < 1.29 is 18.0 Å². The summed E-state index contributed by atoms with van der Waals surface area (Å²) in [5.74, 6) is -2.60. The first-order valence-corrected chi connectivity index (χ1v) is 8.63. The number of aromatic nitrogens is 1. The van der Waals surface area contributed by atoms with E-state index >= 15 is 0 Å². The Kier molecular flexibility index (Phi) is 3.76. The fourth-order valence-electron chi connectivity index (χ4n) is 3.16. The number of amides is 1. The molecule has 1 fully saturated rings. The van der Waals surface area contributed by atoms with Gasteiger partial charge in [0.05, 0.1) is 15.6 Å². The number of carbonyl (C=O) groups excluding carboxylic acids is 1. The highest BCUT2D eigenvalue weighted by atomic mass is 32.1. The maximum atomic E-state index is 13.6. The standard InChI is InChI=1S/C18H13F3N2OS/c19-11-4-1-3-10(7-11)18(5-2-6-18)16(24)23-17-22-14-8-12(20)13(21)9-15(14)25-17/h1,3-4,7-9H,2,5-6H2,(H,22,23,24). The van der Waals surface area contributed by atoms with E-state index in [9.17, 15) is 18.0 Å². The Morgan fingerprint density at radius 2 is 1.88 bits per heavy atom. The molecule has 2 aromatic carbocycles. The monoisotopic (exact) mass is 362 g/mol. The fourth-order valence-corrected chi connectivity index (χ4v) is 4.02. The summed E-state index contributed by atoms with van der Waals surface area (Å²) in [6, 6.07) is 8.10. The molecule has 128 valence electrons. The largest absolute Gasteiger partial charge is 0.301 e. The summed E-state index contributed by atoms with van der Waals surface area (Å²) in [6.45, 7) is 0. The topological polar surface area (TPSA) is 42.0 Å². The summed E-state index contributed by atoms with van der Waals surface area (Å²) in [5, 5.41) is 3.00. The van der Waals surface area contributed by atoms with Crippen LogP contribution in [0.15, 0.2) is 36.4 Å². The van der Waals surface area contributed by atoms with E-state index in [0.717, 1.165) is 29.9 Å². The average Bonchev–Trinajstić information content (AvgIpc) is 2.87. The van der Waals surface area contributed by atoms with E-state index in [1.165, 1.54) is 12.1 Å². The number of fused-ring (bicyclic) bond motifs is 1. The van der Waals surface area contributed by atoms with Gasteiger partial charge >= 0.3 is 0 Å². The Hall–Kier alpha value is -2.41. The van der Waals surface area contributed by atoms with Crippen LogP contribution in [0.4, 0.5) is 18.3 Å². The zero-order valence-electron chi connectivity index (χ0n) is 13.0. The van der Waals surface area contributed by atoms with Crippen LogP contribution in [0.5, 0.6) is 0 Å².